The average Bonchev–Trinajstić information content (AvgIpc) is 2.87. The molecule has 2 heterocycles. The molecule has 0 aromatic carbocycles. The fourth-order valence-electron chi connectivity index (χ4n) is 1.52. The maximum Gasteiger partial charge on any atom is 0.243 e. The summed E-state index contributed by atoms with van der Waals surface area (Å²) in [5, 5.41) is 10.1. The highest BCUT2D eigenvalue weighted by atomic mass is 32.2. The van der Waals surface area contributed by atoms with E-state index in [2.05, 4.69) is 14.9 Å². The number of aromatic amines is 1. The maximum atomic E-state index is 11.9. The third-order valence-corrected chi connectivity index (χ3v) is 4.55. The van der Waals surface area contributed by atoms with E-state index in [-0.39, 0.29) is 10.9 Å². The van der Waals surface area contributed by atoms with E-state index in [4.69, 9.17) is 0 Å². The van der Waals surface area contributed by atoms with Gasteiger partial charge >= 0.3 is 0 Å². The van der Waals surface area contributed by atoms with Crippen molar-refractivity contribution in [3.8, 4) is 0 Å². The largest absolute Gasteiger partial charge is 0.284 e. The molecule has 2 aromatic rings. The summed E-state index contributed by atoms with van der Waals surface area (Å²) in [6.07, 6.45) is 3.33. The lowest BCUT2D eigenvalue weighted by atomic mass is 10.1. The highest BCUT2D eigenvalue weighted by molar-refractivity contribution is 7.89. The third-order valence-electron chi connectivity index (χ3n) is 2.26. The smallest absolute Gasteiger partial charge is 0.243 e. The van der Waals surface area contributed by atoms with Gasteiger partial charge in [-0.1, -0.05) is 0 Å². The van der Waals surface area contributed by atoms with Gasteiger partial charge in [-0.25, -0.2) is 13.1 Å². The zero-order valence-electron chi connectivity index (χ0n) is 9.25. The fraction of sp³-hybridized carbons (Fsp3) is 0.300. The predicted molar refractivity (Wildman–Crippen MR) is 66.4 cm³/mol. The topological polar surface area (TPSA) is 74.8 Å². The van der Waals surface area contributed by atoms with E-state index >= 15 is 0 Å². The summed E-state index contributed by atoms with van der Waals surface area (Å²) in [4.78, 5) is 0.162. The van der Waals surface area contributed by atoms with Crippen molar-refractivity contribution in [2.45, 2.75) is 24.3 Å². The van der Waals surface area contributed by atoms with Crippen molar-refractivity contribution < 1.29 is 8.42 Å². The van der Waals surface area contributed by atoms with Crippen LogP contribution in [0.4, 0.5) is 0 Å². The zero-order chi connectivity index (χ0) is 12.3. The molecule has 0 fully saturated rings. The van der Waals surface area contributed by atoms with Gasteiger partial charge in [0.15, 0.2) is 0 Å². The molecule has 2 rings (SSSR count). The number of rotatable bonds is 5. The fourth-order valence-corrected chi connectivity index (χ4v) is 3.35. The second-order valence-corrected chi connectivity index (χ2v) is 6.29. The molecule has 0 amide bonds. The van der Waals surface area contributed by atoms with Gasteiger partial charge in [0.2, 0.25) is 10.0 Å². The summed E-state index contributed by atoms with van der Waals surface area (Å²) in [6, 6.07) is 1.84. The molecule has 0 spiro atoms. The van der Waals surface area contributed by atoms with Crippen LogP contribution in [0.25, 0.3) is 0 Å². The van der Waals surface area contributed by atoms with Crippen LogP contribution in [-0.4, -0.2) is 24.7 Å². The van der Waals surface area contributed by atoms with Crippen molar-refractivity contribution >= 4 is 21.4 Å². The molecule has 1 unspecified atom stereocenters. The third kappa shape index (κ3) is 3.15. The first kappa shape index (κ1) is 12.3. The van der Waals surface area contributed by atoms with Crippen molar-refractivity contribution in [2.24, 2.45) is 0 Å². The maximum absolute atomic E-state index is 11.9. The lowest BCUT2D eigenvalue weighted by molar-refractivity contribution is 0.560. The molecule has 92 valence electrons. The Balaban J connectivity index is 2.01. The summed E-state index contributed by atoms with van der Waals surface area (Å²) in [5.74, 6) is 0. The summed E-state index contributed by atoms with van der Waals surface area (Å²) >= 11 is 1.61. The second-order valence-electron chi connectivity index (χ2n) is 3.79. The Kier molecular flexibility index (Phi) is 3.60. The van der Waals surface area contributed by atoms with E-state index in [1.54, 1.807) is 11.3 Å². The van der Waals surface area contributed by atoms with Gasteiger partial charge in [0.1, 0.15) is 4.90 Å². The van der Waals surface area contributed by atoms with Gasteiger partial charge in [0.25, 0.3) is 0 Å². The minimum atomic E-state index is -3.46. The minimum Gasteiger partial charge on any atom is -0.284 e. The first-order valence-corrected chi connectivity index (χ1v) is 7.53. The Labute approximate surface area is 104 Å². The molecule has 5 nitrogen and oxygen atoms in total. The lowest BCUT2D eigenvalue weighted by Gasteiger charge is -2.12. The van der Waals surface area contributed by atoms with E-state index in [0.29, 0.717) is 6.42 Å². The van der Waals surface area contributed by atoms with Gasteiger partial charge in [-0.2, -0.15) is 16.4 Å². The second kappa shape index (κ2) is 4.99. The Hall–Kier alpha value is -1.18. The molecule has 0 saturated carbocycles. The van der Waals surface area contributed by atoms with Crippen LogP contribution in [0.5, 0.6) is 0 Å². The van der Waals surface area contributed by atoms with E-state index < -0.39 is 10.0 Å². The highest BCUT2D eigenvalue weighted by Gasteiger charge is 2.18. The Morgan fingerprint density at radius 1 is 1.59 bits per heavy atom. The summed E-state index contributed by atoms with van der Waals surface area (Å²) in [6.45, 7) is 1.84. The van der Waals surface area contributed by atoms with Crippen molar-refractivity contribution in [3.63, 3.8) is 0 Å². The molecule has 0 bridgehead atoms. The van der Waals surface area contributed by atoms with Gasteiger partial charge in [0.05, 0.1) is 6.20 Å². The minimum absolute atomic E-state index is 0.149. The van der Waals surface area contributed by atoms with Gasteiger partial charge in [-0.3, -0.25) is 5.10 Å². The molecule has 0 radical (unpaired) electrons. The number of nitrogens with zero attached hydrogens (tertiary/aromatic N) is 1. The molecular formula is C10H13N3O2S2. The Bertz CT molecular complexity index is 546. The molecule has 2 N–H and O–H groups in total. The zero-order valence-corrected chi connectivity index (χ0v) is 10.9. The molecular weight excluding hydrogens is 258 g/mol. The van der Waals surface area contributed by atoms with Gasteiger partial charge in [-0.05, 0) is 35.7 Å². The molecule has 7 heteroatoms. The van der Waals surface area contributed by atoms with Crippen molar-refractivity contribution in [3.05, 3.63) is 34.8 Å². The monoisotopic (exact) mass is 271 g/mol. The van der Waals surface area contributed by atoms with Crippen LogP contribution in [0.2, 0.25) is 0 Å². The number of hydrogen-bond acceptors (Lipinski definition) is 4. The van der Waals surface area contributed by atoms with Crippen LogP contribution in [0, 0.1) is 0 Å². The molecule has 0 aliphatic carbocycles. The average molecular weight is 271 g/mol. The van der Waals surface area contributed by atoms with E-state index in [1.165, 1.54) is 12.4 Å². The number of nitrogens with one attached hydrogen (secondary N) is 2. The molecule has 17 heavy (non-hydrogen) atoms. The summed E-state index contributed by atoms with van der Waals surface area (Å²) < 4.78 is 26.3. The van der Waals surface area contributed by atoms with Crippen molar-refractivity contribution in [1.82, 2.24) is 14.9 Å². The lowest BCUT2D eigenvalue weighted by Crippen LogP contribution is -2.33. The van der Waals surface area contributed by atoms with E-state index in [9.17, 15) is 8.42 Å². The van der Waals surface area contributed by atoms with Crippen LogP contribution < -0.4 is 4.72 Å². The van der Waals surface area contributed by atoms with Crippen molar-refractivity contribution in [1.29, 1.82) is 0 Å². The van der Waals surface area contributed by atoms with E-state index in [1.807, 2.05) is 23.8 Å². The van der Waals surface area contributed by atoms with Crippen LogP contribution >= 0.6 is 11.3 Å². The van der Waals surface area contributed by atoms with Crippen LogP contribution in [0.1, 0.15) is 12.5 Å². The van der Waals surface area contributed by atoms with Crippen LogP contribution in [0.3, 0.4) is 0 Å². The standard InChI is InChI=1S/C10H13N3O2S2/c1-8(4-9-2-3-16-7-9)13-17(14,15)10-5-11-12-6-10/h2-3,5-8,13H,4H2,1H3,(H,11,12). The number of sulfonamides is 1. The molecule has 2 aromatic heterocycles. The number of hydrogen-bond donors (Lipinski definition) is 2. The summed E-state index contributed by atoms with van der Waals surface area (Å²) in [7, 11) is -3.46. The number of aromatic nitrogens is 2. The molecule has 0 saturated heterocycles. The Morgan fingerprint density at radius 3 is 3.00 bits per heavy atom. The number of thiophene rings is 1. The normalized spacial score (nSPS) is 13.7. The number of H-pyrrole nitrogens is 1. The first-order chi connectivity index (χ1) is 8.08. The quantitative estimate of drug-likeness (QED) is 0.862. The Morgan fingerprint density at radius 2 is 2.41 bits per heavy atom. The molecule has 0 aliphatic heterocycles. The van der Waals surface area contributed by atoms with Gasteiger partial charge in [-0.15, -0.1) is 0 Å². The van der Waals surface area contributed by atoms with Gasteiger partial charge < -0.3 is 0 Å². The van der Waals surface area contributed by atoms with Gasteiger partial charge in [0, 0.05) is 12.2 Å². The van der Waals surface area contributed by atoms with Crippen molar-refractivity contribution in [2.75, 3.05) is 0 Å². The first-order valence-electron chi connectivity index (χ1n) is 5.10. The summed E-state index contributed by atoms with van der Waals surface area (Å²) in [5.41, 5.74) is 1.14. The van der Waals surface area contributed by atoms with Crippen LogP contribution in [-0.2, 0) is 16.4 Å². The van der Waals surface area contributed by atoms with E-state index in [0.717, 1.165) is 5.56 Å². The SMILES string of the molecule is CC(Cc1ccsc1)NS(=O)(=O)c1cn[nH]c1. The molecule has 0 aliphatic rings. The predicted octanol–water partition coefficient (Wildman–Crippen LogP) is 1.38. The molecule has 1 atom stereocenters. The van der Waals surface area contributed by atoms with Crippen LogP contribution in [0.15, 0.2) is 34.1 Å². The highest BCUT2D eigenvalue weighted by Crippen LogP contribution is 2.11.